The molecule has 2 aromatic rings. The molecule has 2 heterocycles. The fraction of sp³-hybridized carbons (Fsp3) is 0.552. The SMILES string of the molecule is COc1cc(C)[nH]c(=O)c1CNC(=O)c1cc(Cl)c2c(c1C)OC(C)([C@H]1CC[C@H](NC(=O)OC(C)(C)C)CC1)O2. The number of pyridine rings is 1. The number of methoxy groups -OCH3 is 1. The molecule has 0 bridgehead atoms. The number of carbonyl (C=O) groups excluding carboxylic acids is 2. The number of ether oxygens (including phenoxy) is 4. The first-order valence-electron chi connectivity index (χ1n) is 13.5. The minimum Gasteiger partial charge on any atom is -0.496 e. The van der Waals surface area contributed by atoms with Crippen LogP contribution in [0.2, 0.25) is 5.02 Å². The highest BCUT2D eigenvalue weighted by atomic mass is 35.5. The molecule has 3 N–H and O–H groups in total. The minimum atomic E-state index is -0.967. The fourth-order valence-corrected chi connectivity index (χ4v) is 5.52. The van der Waals surface area contributed by atoms with Crippen LogP contribution in [-0.2, 0) is 11.3 Å². The lowest BCUT2D eigenvalue weighted by Crippen LogP contribution is -2.48. The van der Waals surface area contributed by atoms with Crippen molar-refractivity contribution in [2.75, 3.05) is 7.11 Å². The van der Waals surface area contributed by atoms with Crippen LogP contribution in [0, 0.1) is 19.8 Å². The summed E-state index contributed by atoms with van der Waals surface area (Å²) in [7, 11) is 1.47. The Kier molecular flexibility index (Phi) is 8.31. The third-order valence-electron chi connectivity index (χ3n) is 7.36. The topological polar surface area (TPSA) is 128 Å². The largest absolute Gasteiger partial charge is 0.496 e. The molecule has 1 aliphatic heterocycles. The monoisotopic (exact) mass is 575 g/mol. The number of alkyl carbamates (subject to hydrolysis) is 1. The van der Waals surface area contributed by atoms with Gasteiger partial charge >= 0.3 is 6.09 Å². The van der Waals surface area contributed by atoms with Gasteiger partial charge in [0.1, 0.15) is 11.4 Å². The summed E-state index contributed by atoms with van der Waals surface area (Å²) in [4.78, 5) is 40.5. The van der Waals surface area contributed by atoms with Crippen molar-refractivity contribution in [1.29, 1.82) is 0 Å². The van der Waals surface area contributed by atoms with Crippen molar-refractivity contribution in [2.24, 2.45) is 5.92 Å². The molecule has 4 rings (SSSR count). The highest BCUT2D eigenvalue weighted by molar-refractivity contribution is 6.33. The van der Waals surface area contributed by atoms with Gasteiger partial charge in [0.05, 0.1) is 24.2 Å². The maximum Gasteiger partial charge on any atom is 0.407 e. The van der Waals surface area contributed by atoms with Crippen LogP contribution in [0.3, 0.4) is 0 Å². The predicted molar refractivity (Wildman–Crippen MR) is 150 cm³/mol. The number of halogens is 1. The Labute approximate surface area is 239 Å². The van der Waals surface area contributed by atoms with E-state index < -0.39 is 23.4 Å². The number of H-pyrrole nitrogens is 1. The van der Waals surface area contributed by atoms with Crippen LogP contribution in [0.4, 0.5) is 4.79 Å². The van der Waals surface area contributed by atoms with Gasteiger partial charge in [0.15, 0.2) is 11.5 Å². The Morgan fingerprint density at radius 2 is 1.77 bits per heavy atom. The maximum atomic E-state index is 13.2. The molecule has 40 heavy (non-hydrogen) atoms. The average Bonchev–Trinajstić information content (AvgIpc) is 3.24. The molecule has 0 spiro atoms. The van der Waals surface area contributed by atoms with Gasteiger partial charge in [-0.3, -0.25) is 9.59 Å². The van der Waals surface area contributed by atoms with E-state index in [1.54, 1.807) is 26.0 Å². The number of aryl methyl sites for hydroxylation is 1. The van der Waals surface area contributed by atoms with Crippen LogP contribution in [0.15, 0.2) is 16.9 Å². The molecular formula is C29H38ClN3O7. The number of rotatable bonds is 6. The van der Waals surface area contributed by atoms with Crippen molar-refractivity contribution in [3.05, 3.63) is 49.9 Å². The van der Waals surface area contributed by atoms with E-state index in [-0.39, 0.29) is 29.1 Å². The zero-order valence-corrected chi connectivity index (χ0v) is 24.8. The van der Waals surface area contributed by atoms with Crippen molar-refractivity contribution in [1.82, 2.24) is 15.6 Å². The molecule has 1 aliphatic carbocycles. The van der Waals surface area contributed by atoms with Gasteiger partial charge in [0.2, 0.25) is 0 Å². The van der Waals surface area contributed by atoms with Gasteiger partial charge in [-0.15, -0.1) is 0 Å². The number of amides is 2. The first-order valence-corrected chi connectivity index (χ1v) is 13.8. The molecule has 218 valence electrons. The van der Waals surface area contributed by atoms with Crippen LogP contribution in [0.5, 0.6) is 17.2 Å². The van der Waals surface area contributed by atoms with E-state index in [1.807, 2.05) is 27.7 Å². The van der Waals surface area contributed by atoms with Crippen LogP contribution in [0.25, 0.3) is 0 Å². The molecule has 0 radical (unpaired) electrons. The number of aromatic amines is 1. The van der Waals surface area contributed by atoms with Crippen molar-refractivity contribution in [3.8, 4) is 17.2 Å². The molecule has 2 aliphatic rings. The zero-order chi connectivity index (χ0) is 29.4. The third kappa shape index (κ3) is 6.32. The molecule has 2 amide bonds. The van der Waals surface area contributed by atoms with Crippen molar-refractivity contribution in [3.63, 3.8) is 0 Å². The Morgan fingerprint density at radius 1 is 1.12 bits per heavy atom. The Bertz CT molecular complexity index is 1360. The third-order valence-corrected chi connectivity index (χ3v) is 7.64. The van der Waals surface area contributed by atoms with E-state index in [4.69, 9.17) is 30.5 Å². The molecular weight excluding hydrogens is 538 g/mol. The summed E-state index contributed by atoms with van der Waals surface area (Å²) in [5.74, 6) is -0.0940. The van der Waals surface area contributed by atoms with Crippen LogP contribution < -0.4 is 30.4 Å². The summed E-state index contributed by atoms with van der Waals surface area (Å²) in [6.07, 6.45) is 2.63. The molecule has 1 aromatic heterocycles. The fourth-order valence-electron chi connectivity index (χ4n) is 5.28. The molecule has 10 nitrogen and oxygen atoms in total. The van der Waals surface area contributed by atoms with E-state index in [0.29, 0.717) is 39.6 Å². The van der Waals surface area contributed by atoms with E-state index in [0.717, 1.165) is 25.7 Å². The summed E-state index contributed by atoms with van der Waals surface area (Å²) in [6.45, 7) is 10.9. The lowest BCUT2D eigenvalue weighted by atomic mass is 9.81. The molecule has 1 unspecified atom stereocenters. The first-order chi connectivity index (χ1) is 18.7. The average molecular weight is 576 g/mol. The summed E-state index contributed by atoms with van der Waals surface area (Å²) in [5, 5.41) is 6.01. The van der Waals surface area contributed by atoms with Gasteiger partial charge in [-0.1, -0.05) is 11.6 Å². The van der Waals surface area contributed by atoms with Gasteiger partial charge in [0, 0.05) is 35.7 Å². The second-order valence-electron chi connectivity index (χ2n) is 11.6. The molecule has 1 aromatic carbocycles. The van der Waals surface area contributed by atoms with Gasteiger partial charge < -0.3 is 34.6 Å². The highest BCUT2D eigenvalue weighted by Crippen LogP contribution is 2.51. The first kappa shape index (κ1) is 29.6. The van der Waals surface area contributed by atoms with Crippen LogP contribution in [0.1, 0.15) is 80.6 Å². The number of aromatic nitrogens is 1. The number of carbonyl (C=O) groups is 2. The van der Waals surface area contributed by atoms with E-state index in [1.165, 1.54) is 7.11 Å². The number of hydrogen-bond acceptors (Lipinski definition) is 7. The van der Waals surface area contributed by atoms with Gasteiger partial charge in [-0.25, -0.2) is 4.79 Å². The number of hydrogen-bond donors (Lipinski definition) is 3. The van der Waals surface area contributed by atoms with Gasteiger partial charge in [-0.05, 0) is 72.4 Å². The highest BCUT2D eigenvalue weighted by Gasteiger charge is 2.47. The van der Waals surface area contributed by atoms with Crippen molar-refractivity contribution < 1.29 is 28.5 Å². The molecule has 1 saturated carbocycles. The summed E-state index contributed by atoms with van der Waals surface area (Å²) in [6, 6.07) is 3.27. The molecule has 0 saturated heterocycles. The van der Waals surface area contributed by atoms with Crippen molar-refractivity contribution in [2.45, 2.75) is 91.2 Å². The second-order valence-corrected chi connectivity index (χ2v) is 12.0. The Hall–Kier alpha value is -3.40. The lowest BCUT2D eigenvalue weighted by Gasteiger charge is -2.37. The zero-order valence-electron chi connectivity index (χ0n) is 24.1. The van der Waals surface area contributed by atoms with E-state index in [9.17, 15) is 14.4 Å². The number of nitrogens with one attached hydrogen (secondary N) is 3. The molecule has 1 fully saturated rings. The standard InChI is InChI=1S/C29H38ClN3O7/c1-15-12-22(37-7)20(26(35)32-15)14-31-25(34)19-13-21(30)24-23(16(19)2)38-29(6,39-24)17-8-10-18(11-9-17)33-27(36)40-28(3,4)5/h12-13,17-18H,8-11,14H2,1-7H3,(H,31,34)(H,32,35)(H,33,36)/t17-,18-,29?. The normalized spacial score (nSPS) is 22.0. The van der Waals surface area contributed by atoms with Gasteiger partial charge in [0.25, 0.3) is 17.3 Å². The van der Waals surface area contributed by atoms with E-state index in [2.05, 4.69) is 15.6 Å². The minimum absolute atomic E-state index is 0.0125. The quantitative estimate of drug-likeness (QED) is 0.434. The summed E-state index contributed by atoms with van der Waals surface area (Å²) >= 11 is 6.58. The van der Waals surface area contributed by atoms with Crippen LogP contribution >= 0.6 is 11.6 Å². The lowest BCUT2D eigenvalue weighted by molar-refractivity contribution is -0.121. The Morgan fingerprint density at radius 3 is 2.40 bits per heavy atom. The Balaban J connectivity index is 1.43. The van der Waals surface area contributed by atoms with Crippen LogP contribution in [-0.4, -0.2) is 41.5 Å². The number of fused-ring (bicyclic) bond motifs is 1. The summed E-state index contributed by atoms with van der Waals surface area (Å²) < 4.78 is 23.4. The van der Waals surface area contributed by atoms with Crippen molar-refractivity contribution >= 4 is 23.6 Å². The second kappa shape index (κ2) is 11.2. The predicted octanol–water partition coefficient (Wildman–Crippen LogP) is 5.15. The molecule has 1 atom stereocenters. The maximum absolute atomic E-state index is 13.2. The van der Waals surface area contributed by atoms with E-state index >= 15 is 0 Å². The smallest absolute Gasteiger partial charge is 0.407 e. The molecule has 11 heteroatoms. The van der Waals surface area contributed by atoms with Gasteiger partial charge in [-0.2, -0.15) is 0 Å². The summed E-state index contributed by atoms with van der Waals surface area (Å²) in [5.41, 5.74) is 1.00. The number of benzene rings is 1.